The van der Waals surface area contributed by atoms with Gasteiger partial charge in [0, 0.05) is 6.54 Å². The molecule has 0 aliphatic carbocycles. The molecule has 1 aromatic heterocycles. The number of aryl methyl sites for hydroxylation is 1. The molecule has 1 heterocycles. The van der Waals surface area contributed by atoms with Crippen molar-refractivity contribution < 1.29 is 4.79 Å². The lowest BCUT2D eigenvalue weighted by Gasteiger charge is -2.09. The van der Waals surface area contributed by atoms with Gasteiger partial charge in [-0.2, -0.15) is 0 Å². The first-order valence-electron chi connectivity index (χ1n) is 5.92. The Hall–Kier alpha value is -2.56. The molecule has 0 aliphatic rings. The van der Waals surface area contributed by atoms with Crippen LogP contribution in [0.2, 0.25) is 0 Å². The van der Waals surface area contributed by atoms with Crippen LogP contribution >= 0.6 is 0 Å². The predicted octanol–water partition coefficient (Wildman–Crippen LogP) is 1.68. The van der Waals surface area contributed by atoms with Crippen molar-refractivity contribution in [3.8, 4) is 0 Å². The summed E-state index contributed by atoms with van der Waals surface area (Å²) in [5, 5.41) is 3.11. The smallest absolute Gasteiger partial charge is 0.267 e. The van der Waals surface area contributed by atoms with E-state index < -0.39 is 5.91 Å². The molecule has 1 aromatic carbocycles. The van der Waals surface area contributed by atoms with Crippen LogP contribution in [0.3, 0.4) is 0 Å². The third-order valence-corrected chi connectivity index (χ3v) is 2.72. The second kappa shape index (κ2) is 5.39. The molecular formula is C14H16N4O. The van der Waals surface area contributed by atoms with Gasteiger partial charge in [0.1, 0.15) is 11.5 Å². The fourth-order valence-corrected chi connectivity index (χ4v) is 1.76. The summed E-state index contributed by atoms with van der Waals surface area (Å²) in [4.78, 5) is 15.2. The van der Waals surface area contributed by atoms with E-state index in [-0.39, 0.29) is 5.69 Å². The number of amides is 1. The topological polar surface area (TPSA) is 94.0 Å². The minimum atomic E-state index is -0.571. The number of rotatable bonds is 4. The zero-order chi connectivity index (χ0) is 13.8. The number of carbonyl (C=O) groups excluding carboxylic acids is 1. The number of anilines is 2. The first kappa shape index (κ1) is 12.9. The Morgan fingerprint density at radius 2 is 2.11 bits per heavy atom. The summed E-state index contributed by atoms with van der Waals surface area (Å²) in [6.45, 7) is 2.62. The molecule has 0 unspecified atom stereocenters. The first-order valence-corrected chi connectivity index (χ1v) is 5.92. The Kier molecular flexibility index (Phi) is 3.66. The van der Waals surface area contributed by atoms with Crippen LogP contribution < -0.4 is 16.8 Å². The Balaban J connectivity index is 2.15. The Labute approximate surface area is 111 Å². The standard InChI is InChI=1S/C14H16N4O/c1-9-3-2-4-10(7-9)8-17-14-11(15)5-6-12(18-14)13(16)19/h2-7H,8,15H2,1H3,(H2,16,19)(H,17,18). The maximum absolute atomic E-state index is 11.1. The van der Waals surface area contributed by atoms with E-state index in [4.69, 9.17) is 11.5 Å². The summed E-state index contributed by atoms with van der Waals surface area (Å²) in [5.41, 5.74) is 14.0. The average molecular weight is 256 g/mol. The summed E-state index contributed by atoms with van der Waals surface area (Å²) in [5.74, 6) is -0.101. The van der Waals surface area contributed by atoms with Gasteiger partial charge in [-0.3, -0.25) is 4.79 Å². The van der Waals surface area contributed by atoms with Gasteiger partial charge in [-0.1, -0.05) is 29.8 Å². The van der Waals surface area contributed by atoms with Crippen molar-refractivity contribution in [1.29, 1.82) is 0 Å². The number of benzene rings is 1. The summed E-state index contributed by atoms with van der Waals surface area (Å²) < 4.78 is 0. The van der Waals surface area contributed by atoms with E-state index in [9.17, 15) is 4.79 Å². The number of hydrogen-bond acceptors (Lipinski definition) is 4. The summed E-state index contributed by atoms with van der Waals surface area (Å²) in [7, 11) is 0. The monoisotopic (exact) mass is 256 g/mol. The number of pyridine rings is 1. The fourth-order valence-electron chi connectivity index (χ4n) is 1.76. The number of nitrogens with two attached hydrogens (primary N) is 2. The van der Waals surface area contributed by atoms with Crippen molar-refractivity contribution in [1.82, 2.24) is 4.98 Å². The second-order valence-electron chi connectivity index (χ2n) is 4.34. The second-order valence-corrected chi connectivity index (χ2v) is 4.34. The molecule has 5 heteroatoms. The molecule has 0 fully saturated rings. The third kappa shape index (κ3) is 3.22. The van der Waals surface area contributed by atoms with E-state index in [0.29, 0.717) is 18.1 Å². The number of primary amides is 1. The highest BCUT2D eigenvalue weighted by Gasteiger charge is 2.06. The average Bonchev–Trinajstić information content (AvgIpc) is 2.37. The highest BCUT2D eigenvalue weighted by Crippen LogP contribution is 2.17. The summed E-state index contributed by atoms with van der Waals surface area (Å²) in [6, 6.07) is 11.2. The number of hydrogen-bond donors (Lipinski definition) is 3. The van der Waals surface area contributed by atoms with Gasteiger partial charge in [0.15, 0.2) is 0 Å². The minimum absolute atomic E-state index is 0.195. The van der Waals surface area contributed by atoms with Crippen molar-refractivity contribution in [3.05, 3.63) is 53.2 Å². The minimum Gasteiger partial charge on any atom is -0.396 e. The molecule has 0 saturated carbocycles. The Bertz CT molecular complexity index is 610. The molecular weight excluding hydrogens is 240 g/mol. The lowest BCUT2D eigenvalue weighted by Crippen LogP contribution is -2.15. The van der Waals surface area contributed by atoms with Crippen LogP contribution in [0.1, 0.15) is 21.6 Å². The van der Waals surface area contributed by atoms with Crippen molar-refractivity contribution in [2.24, 2.45) is 5.73 Å². The third-order valence-electron chi connectivity index (χ3n) is 2.72. The maximum Gasteiger partial charge on any atom is 0.267 e. The van der Waals surface area contributed by atoms with E-state index >= 15 is 0 Å². The van der Waals surface area contributed by atoms with Crippen LogP contribution in [0.5, 0.6) is 0 Å². The first-order chi connectivity index (χ1) is 9.06. The summed E-state index contributed by atoms with van der Waals surface area (Å²) in [6.07, 6.45) is 0. The van der Waals surface area contributed by atoms with Crippen LogP contribution in [0.15, 0.2) is 36.4 Å². The molecule has 0 atom stereocenters. The van der Waals surface area contributed by atoms with E-state index in [1.54, 1.807) is 6.07 Å². The lowest BCUT2D eigenvalue weighted by molar-refractivity contribution is 0.0996. The molecule has 0 saturated heterocycles. The molecule has 5 nitrogen and oxygen atoms in total. The number of aromatic nitrogens is 1. The van der Waals surface area contributed by atoms with Crippen LogP contribution in [-0.4, -0.2) is 10.9 Å². The summed E-state index contributed by atoms with van der Waals surface area (Å²) >= 11 is 0. The zero-order valence-electron chi connectivity index (χ0n) is 10.7. The molecule has 19 heavy (non-hydrogen) atoms. The maximum atomic E-state index is 11.1. The highest BCUT2D eigenvalue weighted by atomic mass is 16.1. The van der Waals surface area contributed by atoms with Crippen LogP contribution in [0.25, 0.3) is 0 Å². The Morgan fingerprint density at radius 3 is 2.79 bits per heavy atom. The van der Waals surface area contributed by atoms with Crippen LogP contribution in [0, 0.1) is 6.92 Å². The molecule has 5 N–H and O–H groups in total. The van der Waals surface area contributed by atoms with Crippen molar-refractivity contribution >= 4 is 17.4 Å². The van der Waals surface area contributed by atoms with E-state index in [2.05, 4.69) is 16.4 Å². The van der Waals surface area contributed by atoms with Crippen LogP contribution in [-0.2, 0) is 6.54 Å². The van der Waals surface area contributed by atoms with Gasteiger partial charge in [-0.25, -0.2) is 4.98 Å². The number of carbonyl (C=O) groups is 1. The van der Waals surface area contributed by atoms with Gasteiger partial charge in [0.25, 0.3) is 5.91 Å². The quantitative estimate of drug-likeness (QED) is 0.775. The fraction of sp³-hybridized carbons (Fsp3) is 0.143. The molecule has 1 amide bonds. The predicted molar refractivity (Wildman–Crippen MR) is 75.7 cm³/mol. The molecule has 0 bridgehead atoms. The SMILES string of the molecule is Cc1cccc(CNc2nc(C(N)=O)ccc2N)c1. The van der Waals surface area contributed by atoms with E-state index in [1.165, 1.54) is 11.6 Å². The molecule has 0 spiro atoms. The van der Waals surface area contributed by atoms with Gasteiger partial charge in [-0.15, -0.1) is 0 Å². The van der Waals surface area contributed by atoms with Crippen molar-refractivity contribution in [2.45, 2.75) is 13.5 Å². The van der Waals surface area contributed by atoms with E-state index in [0.717, 1.165) is 5.56 Å². The number of nitrogens with zero attached hydrogens (tertiary/aromatic N) is 1. The van der Waals surface area contributed by atoms with Gasteiger partial charge in [0.05, 0.1) is 5.69 Å². The molecule has 0 aliphatic heterocycles. The Morgan fingerprint density at radius 1 is 1.32 bits per heavy atom. The lowest BCUT2D eigenvalue weighted by atomic mass is 10.1. The van der Waals surface area contributed by atoms with Gasteiger partial charge in [-0.05, 0) is 24.6 Å². The van der Waals surface area contributed by atoms with Crippen molar-refractivity contribution in [3.63, 3.8) is 0 Å². The molecule has 2 aromatic rings. The largest absolute Gasteiger partial charge is 0.396 e. The van der Waals surface area contributed by atoms with Crippen molar-refractivity contribution in [2.75, 3.05) is 11.1 Å². The zero-order valence-corrected chi connectivity index (χ0v) is 10.7. The molecule has 98 valence electrons. The van der Waals surface area contributed by atoms with Crippen LogP contribution in [0.4, 0.5) is 11.5 Å². The number of nitrogen functional groups attached to an aromatic ring is 1. The van der Waals surface area contributed by atoms with Gasteiger partial charge >= 0.3 is 0 Å². The van der Waals surface area contributed by atoms with E-state index in [1.807, 2.05) is 25.1 Å². The van der Waals surface area contributed by atoms with Gasteiger partial charge < -0.3 is 16.8 Å². The number of nitrogens with one attached hydrogen (secondary N) is 1. The molecule has 0 radical (unpaired) electrons. The normalized spacial score (nSPS) is 10.2. The van der Waals surface area contributed by atoms with Gasteiger partial charge in [0.2, 0.25) is 0 Å². The molecule has 2 rings (SSSR count). The highest BCUT2D eigenvalue weighted by molar-refractivity contribution is 5.91.